The van der Waals surface area contributed by atoms with Gasteiger partial charge in [-0.2, -0.15) is 5.10 Å². The number of aromatic nitrogens is 3. The van der Waals surface area contributed by atoms with E-state index < -0.39 is 0 Å². The largest absolute Gasteiger partial charge is 0.497 e. The lowest BCUT2D eigenvalue weighted by atomic mass is 10.2. The predicted octanol–water partition coefficient (Wildman–Crippen LogP) is 2.49. The first-order valence-electron chi connectivity index (χ1n) is 6.49. The highest BCUT2D eigenvalue weighted by Crippen LogP contribution is 2.44. The van der Waals surface area contributed by atoms with Gasteiger partial charge in [0, 0.05) is 16.6 Å². The molecule has 0 fully saturated rings. The van der Waals surface area contributed by atoms with Gasteiger partial charge in [-0.25, -0.2) is 9.89 Å². The molecule has 7 heteroatoms. The van der Waals surface area contributed by atoms with Gasteiger partial charge in [0.2, 0.25) is 0 Å². The van der Waals surface area contributed by atoms with E-state index in [2.05, 4.69) is 10.2 Å². The molecule has 0 saturated heterocycles. The Kier molecular flexibility index (Phi) is 3.42. The predicted molar refractivity (Wildman–Crippen MR) is 82.4 cm³/mol. The van der Waals surface area contributed by atoms with Crippen molar-refractivity contribution in [2.45, 2.75) is 13.5 Å². The average Bonchev–Trinajstić information content (AvgIpc) is 3.05. The van der Waals surface area contributed by atoms with E-state index in [1.165, 1.54) is 0 Å². The molecule has 0 saturated carbocycles. The quantitative estimate of drug-likeness (QED) is 0.804. The lowest BCUT2D eigenvalue weighted by molar-refractivity contribution is 0.413. The normalized spacial score (nSPS) is 11.0. The molecule has 0 aliphatic heterocycles. The van der Waals surface area contributed by atoms with Crippen molar-refractivity contribution in [1.82, 2.24) is 14.8 Å². The minimum Gasteiger partial charge on any atom is -0.497 e. The van der Waals surface area contributed by atoms with E-state index in [-0.39, 0.29) is 5.69 Å². The van der Waals surface area contributed by atoms with E-state index in [4.69, 9.17) is 9.47 Å². The second-order valence-electron chi connectivity index (χ2n) is 4.42. The Morgan fingerprint density at radius 3 is 2.81 bits per heavy atom. The molecular weight excluding hydrogens is 290 g/mol. The van der Waals surface area contributed by atoms with Crippen LogP contribution in [0.3, 0.4) is 0 Å². The van der Waals surface area contributed by atoms with E-state index in [0.717, 1.165) is 20.7 Å². The van der Waals surface area contributed by atoms with Crippen LogP contribution in [0.1, 0.15) is 6.92 Å². The third kappa shape index (κ3) is 2.09. The van der Waals surface area contributed by atoms with Crippen molar-refractivity contribution in [2.24, 2.45) is 0 Å². The number of methoxy groups -OCH3 is 2. The number of nitrogens with one attached hydrogen (secondary N) is 1. The first-order chi connectivity index (χ1) is 10.2. The molecule has 0 aliphatic rings. The molecule has 21 heavy (non-hydrogen) atoms. The molecule has 0 atom stereocenters. The van der Waals surface area contributed by atoms with Crippen LogP contribution in [0.2, 0.25) is 0 Å². The van der Waals surface area contributed by atoms with Gasteiger partial charge in [-0.3, -0.25) is 4.57 Å². The summed E-state index contributed by atoms with van der Waals surface area (Å²) in [5, 5.41) is 7.57. The monoisotopic (exact) mass is 305 g/mol. The number of hydrogen-bond acceptors (Lipinski definition) is 5. The Hall–Kier alpha value is -2.28. The molecular formula is C14H15N3O3S. The van der Waals surface area contributed by atoms with Crippen LogP contribution < -0.4 is 15.2 Å². The smallest absolute Gasteiger partial charge is 0.343 e. The van der Waals surface area contributed by atoms with E-state index in [1.54, 1.807) is 30.1 Å². The number of rotatable bonds is 4. The maximum absolute atomic E-state index is 11.7. The SMILES string of the molecule is CCn1c(-c2sc3ccc(OC)cc3c2OC)n[nH]c1=O. The molecule has 0 aliphatic carbocycles. The highest BCUT2D eigenvalue weighted by Gasteiger charge is 2.20. The molecule has 0 bridgehead atoms. The number of nitrogens with zero attached hydrogens (tertiary/aromatic N) is 2. The number of ether oxygens (including phenoxy) is 2. The summed E-state index contributed by atoms with van der Waals surface area (Å²) in [6.07, 6.45) is 0. The Labute approximate surface area is 124 Å². The first kappa shape index (κ1) is 13.7. The summed E-state index contributed by atoms with van der Waals surface area (Å²) in [4.78, 5) is 12.6. The van der Waals surface area contributed by atoms with E-state index in [9.17, 15) is 4.79 Å². The average molecular weight is 305 g/mol. The minimum atomic E-state index is -0.218. The summed E-state index contributed by atoms with van der Waals surface area (Å²) in [5.74, 6) is 2.07. The molecule has 1 N–H and O–H groups in total. The number of thiophene rings is 1. The zero-order valence-electron chi connectivity index (χ0n) is 12.0. The van der Waals surface area contributed by atoms with Crippen LogP contribution in [0.5, 0.6) is 11.5 Å². The van der Waals surface area contributed by atoms with Gasteiger partial charge in [0.15, 0.2) is 5.82 Å². The summed E-state index contributed by atoms with van der Waals surface area (Å²) in [6, 6.07) is 5.81. The van der Waals surface area contributed by atoms with E-state index in [1.807, 2.05) is 25.1 Å². The molecule has 2 aromatic heterocycles. The van der Waals surface area contributed by atoms with Crippen LogP contribution >= 0.6 is 11.3 Å². The topological polar surface area (TPSA) is 69.1 Å². The fourth-order valence-electron chi connectivity index (χ4n) is 2.32. The molecule has 1 aromatic carbocycles. The van der Waals surface area contributed by atoms with Gasteiger partial charge in [-0.15, -0.1) is 11.3 Å². The molecule has 0 amide bonds. The highest BCUT2D eigenvalue weighted by molar-refractivity contribution is 7.22. The van der Waals surface area contributed by atoms with Crippen molar-refractivity contribution in [3.05, 3.63) is 28.7 Å². The Balaban J connectivity index is 2.29. The van der Waals surface area contributed by atoms with E-state index >= 15 is 0 Å². The van der Waals surface area contributed by atoms with Gasteiger partial charge in [0.05, 0.1) is 14.2 Å². The van der Waals surface area contributed by atoms with Crippen LogP contribution in [0.15, 0.2) is 23.0 Å². The van der Waals surface area contributed by atoms with Crippen LogP contribution in [0.25, 0.3) is 20.8 Å². The van der Waals surface area contributed by atoms with Gasteiger partial charge < -0.3 is 9.47 Å². The van der Waals surface area contributed by atoms with Crippen LogP contribution in [0, 0.1) is 0 Å². The van der Waals surface area contributed by atoms with Gasteiger partial charge in [0.25, 0.3) is 0 Å². The standard InChI is InChI=1S/C14H15N3O3S/c1-4-17-13(15-16-14(17)18)12-11(20-3)9-7-8(19-2)5-6-10(9)21-12/h5-7H,4H2,1-3H3,(H,16,18). The zero-order valence-corrected chi connectivity index (χ0v) is 12.8. The summed E-state index contributed by atoms with van der Waals surface area (Å²) in [6.45, 7) is 2.45. The molecule has 110 valence electrons. The molecule has 0 radical (unpaired) electrons. The summed E-state index contributed by atoms with van der Waals surface area (Å²) >= 11 is 1.54. The number of benzene rings is 1. The Morgan fingerprint density at radius 1 is 1.33 bits per heavy atom. The van der Waals surface area contributed by atoms with Crippen molar-refractivity contribution in [2.75, 3.05) is 14.2 Å². The van der Waals surface area contributed by atoms with Crippen molar-refractivity contribution in [1.29, 1.82) is 0 Å². The van der Waals surface area contributed by atoms with Crippen LogP contribution in [0.4, 0.5) is 0 Å². The van der Waals surface area contributed by atoms with Crippen molar-refractivity contribution in [3.8, 4) is 22.2 Å². The number of H-pyrrole nitrogens is 1. The molecule has 0 spiro atoms. The van der Waals surface area contributed by atoms with Gasteiger partial charge in [-0.05, 0) is 25.1 Å². The Morgan fingerprint density at radius 2 is 2.14 bits per heavy atom. The van der Waals surface area contributed by atoms with E-state index in [0.29, 0.717) is 18.1 Å². The second kappa shape index (κ2) is 5.25. The van der Waals surface area contributed by atoms with Gasteiger partial charge >= 0.3 is 5.69 Å². The first-order valence-corrected chi connectivity index (χ1v) is 7.31. The highest BCUT2D eigenvalue weighted by atomic mass is 32.1. The molecule has 6 nitrogen and oxygen atoms in total. The summed E-state index contributed by atoms with van der Waals surface area (Å²) in [7, 11) is 3.24. The third-order valence-corrected chi connectivity index (χ3v) is 4.48. The number of fused-ring (bicyclic) bond motifs is 1. The maximum Gasteiger partial charge on any atom is 0.343 e. The lowest BCUT2D eigenvalue weighted by Gasteiger charge is -2.04. The Bertz CT molecular complexity index is 847. The fraction of sp³-hybridized carbons (Fsp3) is 0.286. The minimum absolute atomic E-state index is 0.218. The number of hydrogen-bond donors (Lipinski definition) is 1. The fourth-order valence-corrected chi connectivity index (χ4v) is 3.47. The third-order valence-electron chi connectivity index (χ3n) is 3.33. The second-order valence-corrected chi connectivity index (χ2v) is 5.48. The lowest BCUT2D eigenvalue weighted by Crippen LogP contribution is -2.16. The molecule has 2 heterocycles. The van der Waals surface area contributed by atoms with Crippen LogP contribution in [-0.4, -0.2) is 29.0 Å². The molecule has 3 aromatic rings. The van der Waals surface area contributed by atoms with Gasteiger partial charge in [-0.1, -0.05) is 0 Å². The van der Waals surface area contributed by atoms with Crippen molar-refractivity contribution < 1.29 is 9.47 Å². The van der Waals surface area contributed by atoms with Crippen LogP contribution in [-0.2, 0) is 6.54 Å². The summed E-state index contributed by atoms with van der Waals surface area (Å²) in [5.41, 5.74) is -0.218. The summed E-state index contributed by atoms with van der Waals surface area (Å²) < 4.78 is 13.4. The van der Waals surface area contributed by atoms with Crippen molar-refractivity contribution in [3.63, 3.8) is 0 Å². The number of aromatic amines is 1. The zero-order chi connectivity index (χ0) is 15.0. The van der Waals surface area contributed by atoms with Gasteiger partial charge in [0.1, 0.15) is 16.4 Å². The molecule has 0 unspecified atom stereocenters. The maximum atomic E-state index is 11.7. The molecule has 3 rings (SSSR count). The van der Waals surface area contributed by atoms with Crippen molar-refractivity contribution >= 4 is 21.4 Å².